The van der Waals surface area contributed by atoms with Gasteiger partial charge in [-0.1, -0.05) is 6.92 Å². The van der Waals surface area contributed by atoms with Crippen LogP contribution in [-0.2, 0) is 4.79 Å². The van der Waals surface area contributed by atoms with Gasteiger partial charge in [0.05, 0.1) is 20.4 Å². The number of carbonyl (C=O) groups excluding carboxylic acids is 2. The van der Waals surface area contributed by atoms with Gasteiger partial charge in [-0.3, -0.25) is 9.59 Å². The number of benzene rings is 1. The number of ether oxygens (including phenoxy) is 2. The highest BCUT2D eigenvalue weighted by atomic mass is 16.5. The SMILES string of the molecule is CCC(Nc1cnc(C(N)=O)c(Nc2ccc(OC)c(OC)c2)n1)C(N)=O. The molecule has 1 aromatic heterocycles. The Morgan fingerprint density at radius 2 is 1.89 bits per heavy atom. The van der Waals surface area contributed by atoms with Gasteiger partial charge in [-0.05, 0) is 18.6 Å². The van der Waals surface area contributed by atoms with Gasteiger partial charge in [0.15, 0.2) is 23.0 Å². The number of nitrogens with one attached hydrogen (secondary N) is 2. The van der Waals surface area contributed by atoms with Crippen molar-refractivity contribution in [3.63, 3.8) is 0 Å². The van der Waals surface area contributed by atoms with E-state index in [9.17, 15) is 9.59 Å². The molecule has 1 unspecified atom stereocenters. The lowest BCUT2D eigenvalue weighted by Crippen LogP contribution is -2.35. The summed E-state index contributed by atoms with van der Waals surface area (Å²) in [5, 5.41) is 5.85. The Bertz CT molecular complexity index is 842. The topological polar surface area (TPSA) is 154 Å². The van der Waals surface area contributed by atoms with Gasteiger partial charge in [0.1, 0.15) is 11.9 Å². The fraction of sp³-hybridized carbons (Fsp3) is 0.294. The van der Waals surface area contributed by atoms with E-state index in [0.717, 1.165) is 0 Å². The number of anilines is 3. The van der Waals surface area contributed by atoms with Crippen LogP contribution in [0.1, 0.15) is 23.8 Å². The first-order chi connectivity index (χ1) is 12.9. The molecule has 144 valence electrons. The number of nitrogens with zero attached hydrogens (tertiary/aromatic N) is 2. The highest BCUT2D eigenvalue weighted by molar-refractivity contribution is 5.96. The third-order valence-electron chi connectivity index (χ3n) is 3.73. The normalized spacial score (nSPS) is 11.4. The number of methoxy groups -OCH3 is 2. The van der Waals surface area contributed by atoms with Crippen LogP contribution in [0.25, 0.3) is 0 Å². The number of primary amides is 2. The van der Waals surface area contributed by atoms with Crippen molar-refractivity contribution in [1.29, 1.82) is 0 Å². The van der Waals surface area contributed by atoms with Gasteiger partial charge in [-0.15, -0.1) is 0 Å². The van der Waals surface area contributed by atoms with Crippen LogP contribution in [-0.4, -0.2) is 42.0 Å². The molecule has 10 nitrogen and oxygen atoms in total. The molecule has 0 saturated heterocycles. The summed E-state index contributed by atoms with van der Waals surface area (Å²) < 4.78 is 10.4. The third kappa shape index (κ3) is 4.75. The van der Waals surface area contributed by atoms with Gasteiger partial charge in [-0.2, -0.15) is 0 Å². The van der Waals surface area contributed by atoms with Crippen molar-refractivity contribution in [2.45, 2.75) is 19.4 Å². The highest BCUT2D eigenvalue weighted by Crippen LogP contribution is 2.31. The molecule has 0 spiro atoms. The first-order valence-electron chi connectivity index (χ1n) is 8.11. The molecule has 6 N–H and O–H groups in total. The van der Waals surface area contributed by atoms with E-state index < -0.39 is 17.9 Å². The molecule has 0 fully saturated rings. The monoisotopic (exact) mass is 374 g/mol. The molecular weight excluding hydrogens is 352 g/mol. The zero-order valence-corrected chi connectivity index (χ0v) is 15.3. The summed E-state index contributed by atoms with van der Waals surface area (Å²) in [6.45, 7) is 1.80. The summed E-state index contributed by atoms with van der Waals surface area (Å²) in [6.07, 6.45) is 1.78. The maximum absolute atomic E-state index is 11.7. The van der Waals surface area contributed by atoms with Gasteiger partial charge >= 0.3 is 0 Å². The summed E-state index contributed by atoms with van der Waals surface area (Å²) >= 11 is 0. The largest absolute Gasteiger partial charge is 0.493 e. The van der Waals surface area contributed by atoms with E-state index in [1.54, 1.807) is 25.1 Å². The van der Waals surface area contributed by atoms with Crippen LogP contribution in [0.5, 0.6) is 11.5 Å². The molecule has 0 bridgehead atoms. The number of aromatic nitrogens is 2. The second kappa shape index (κ2) is 8.70. The van der Waals surface area contributed by atoms with E-state index in [1.807, 2.05) is 0 Å². The Labute approximate surface area is 156 Å². The van der Waals surface area contributed by atoms with Gasteiger partial charge in [0.25, 0.3) is 5.91 Å². The zero-order valence-electron chi connectivity index (χ0n) is 15.3. The molecule has 1 aromatic carbocycles. The van der Waals surface area contributed by atoms with E-state index in [0.29, 0.717) is 23.6 Å². The minimum Gasteiger partial charge on any atom is -0.493 e. The average Bonchev–Trinajstić information content (AvgIpc) is 2.65. The van der Waals surface area contributed by atoms with Crippen molar-refractivity contribution in [1.82, 2.24) is 9.97 Å². The van der Waals surface area contributed by atoms with Crippen LogP contribution >= 0.6 is 0 Å². The molecule has 0 aliphatic heterocycles. The van der Waals surface area contributed by atoms with Crippen molar-refractivity contribution in [2.75, 3.05) is 24.9 Å². The second-order valence-corrected chi connectivity index (χ2v) is 5.52. The minimum atomic E-state index is -0.751. The maximum Gasteiger partial charge on any atom is 0.271 e. The van der Waals surface area contributed by atoms with Crippen LogP contribution in [0.15, 0.2) is 24.4 Å². The summed E-state index contributed by atoms with van der Waals surface area (Å²) in [5.41, 5.74) is 11.2. The number of amides is 2. The van der Waals surface area contributed by atoms with Crippen molar-refractivity contribution < 1.29 is 19.1 Å². The van der Waals surface area contributed by atoms with Crippen molar-refractivity contribution in [3.8, 4) is 11.5 Å². The molecule has 2 aromatic rings. The molecule has 0 radical (unpaired) electrons. The lowest BCUT2D eigenvalue weighted by atomic mass is 10.2. The smallest absolute Gasteiger partial charge is 0.271 e. The average molecular weight is 374 g/mol. The predicted octanol–water partition coefficient (Wildman–Crippen LogP) is 1.01. The highest BCUT2D eigenvalue weighted by Gasteiger charge is 2.17. The molecule has 2 amide bonds. The molecule has 0 saturated carbocycles. The van der Waals surface area contributed by atoms with Gasteiger partial charge in [0, 0.05) is 11.8 Å². The van der Waals surface area contributed by atoms with E-state index in [4.69, 9.17) is 20.9 Å². The van der Waals surface area contributed by atoms with E-state index in [-0.39, 0.29) is 17.3 Å². The molecule has 2 rings (SSSR count). The molecule has 27 heavy (non-hydrogen) atoms. The zero-order chi connectivity index (χ0) is 20.0. The van der Waals surface area contributed by atoms with E-state index in [1.165, 1.54) is 20.4 Å². The number of nitrogens with two attached hydrogens (primary N) is 2. The van der Waals surface area contributed by atoms with E-state index in [2.05, 4.69) is 20.6 Å². The molecular formula is C17H22N6O4. The van der Waals surface area contributed by atoms with Gasteiger partial charge < -0.3 is 31.6 Å². The molecule has 10 heteroatoms. The van der Waals surface area contributed by atoms with Crippen LogP contribution in [0.3, 0.4) is 0 Å². The number of hydrogen-bond donors (Lipinski definition) is 4. The summed E-state index contributed by atoms with van der Waals surface area (Å²) in [6, 6.07) is 4.46. The van der Waals surface area contributed by atoms with Gasteiger partial charge in [-0.25, -0.2) is 9.97 Å². The first kappa shape index (κ1) is 19.8. The minimum absolute atomic E-state index is 0.0533. The number of hydrogen-bond acceptors (Lipinski definition) is 8. The van der Waals surface area contributed by atoms with Crippen molar-refractivity contribution >= 4 is 29.1 Å². The number of carbonyl (C=O) groups is 2. The molecule has 1 atom stereocenters. The lowest BCUT2D eigenvalue weighted by Gasteiger charge is -2.16. The Morgan fingerprint density at radius 3 is 2.44 bits per heavy atom. The fourth-order valence-electron chi connectivity index (χ4n) is 2.33. The van der Waals surface area contributed by atoms with Crippen LogP contribution in [0.4, 0.5) is 17.3 Å². The Hall–Kier alpha value is -3.56. The lowest BCUT2D eigenvalue weighted by molar-refractivity contribution is -0.118. The third-order valence-corrected chi connectivity index (χ3v) is 3.73. The maximum atomic E-state index is 11.7. The van der Waals surface area contributed by atoms with Gasteiger partial charge in [0.2, 0.25) is 5.91 Å². The summed E-state index contributed by atoms with van der Waals surface area (Å²) in [4.78, 5) is 31.4. The number of rotatable bonds is 9. The standard InChI is InChI=1S/C17H22N6O4/c1-4-10(15(18)24)22-13-8-20-14(16(19)25)17(23-13)21-9-5-6-11(26-2)12(7-9)27-3/h5-8,10H,4H2,1-3H3,(H2,18,24)(H2,19,25)(H2,21,22,23). The summed E-state index contributed by atoms with van der Waals surface area (Å²) in [5.74, 6) is 0.163. The van der Waals surface area contributed by atoms with Crippen LogP contribution < -0.4 is 31.6 Å². The summed E-state index contributed by atoms with van der Waals surface area (Å²) in [7, 11) is 3.04. The second-order valence-electron chi connectivity index (χ2n) is 5.52. The predicted molar refractivity (Wildman–Crippen MR) is 100 cm³/mol. The van der Waals surface area contributed by atoms with Crippen LogP contribution in [0, 0.1) is 0 Å². The molecule has 0 aliphatic rings. The van der Waals surface area contributed by atoms with Crippen LogP contribution in [0.2, 0.25) is 0 Å². The molecule has 1 heterocycles. The molecule has 0 aliphatic carbocycles. The van der Waals surface area contributed by atoms with Crippen molar-refractivity contribution in [2.24, 2.45) is 11.5 Å². The fourth-order valence-corrected chi connectivity index (χ4v) is 2.33. The Balaban J connectivity index is 2.37. The van der Waals surface area contributed by atoms with E-state index >= 15 is 0 Å². The quantitative estimate of drug-likeness (QED) is 0.507. The Morgan fingerprint density at radius 1 is 1.19 bits per heavy atom. The first-order valence-corrected chi connectivity index (χ1v) is 8.11. The van der Waals surface area contributed by atoms with Crippen molar-refractivity contribution in [3.05, 3.63) is 30.1 Å². The Kier molecular flexibility index (Phi) is 6.36.